The van der Waals surface area contributed by atoms with Gasteiger partial charge in [-0.3, -0.25) is 4.79 Å². The average molecular weight is 331 g/mol. The van der Waals surface area contributed by atoms with Gasteiger partial charge in [0, 0.05) is 17.1 Å². The third-order valence-electron chi connectivity index (χ3n) is 3.22. The number of amides is 1. The summed E-state index contributed by atoms with van der Waals surface area (Å²) in [5.74, 6) is 0.713. The molecule has 1 aliphatic rings. The first-order chi connectivity index (χ1) is 8.50. The van der Waals surface area contributed by atoms with Crippen molar-refractivity contribution in [3.8, 4) is 0 Å². The molecule has 0 unspecified atom stereocenters. The predicted octanol–water partition coefficient (Wildman–Crippen LogP) is 4.36. The van der Waals surface area contributed by atoms with E-state index in [-0.39, 0.29) is 11.9 Å². The van der Waals surface area contributed by atoms with E-state index in [4.69, 9.17) is 11.6 Å². The molecule has 0 heterocycles. The first-order valence-corrected chi connectivity index (χ1v) is 7.42. The minimum atomic E-state index is 0.0307. The van der Waals surface area contributed by atoms with Crippen LogP contribution in [-0.2, 0) is 0 Å². The van der Waals surface area contributed by atoms with E-state index in [9.17, 15) is 4.79 Å². The van der Waals surface area contributed by atoms with Crippen LogP contribution in [0.3, 0.4) is 0 Å². The first-order valence-electron chi connectivity index (χ1n) is 6.25. The van der Waals surface area contributed by atoms with Crippen LogP contribution < -0.4 is 0 Å². The van der Waals surface area contributed by atoms with Gasteiger partial charge in [0.2, 0.25) is 0 Å². The molecule has 1 fully saturated rings. The van der Waals surface area contributed by atoms with Crippen molar-refractivity contribution in [2.75, 3.05) is 6.54 Å². The summed E-state index contributed by atoms with van der Waals surface area (Å²) < 4.78 is 0.769. The molecular formula is C14H17BrClNO. The van der Waals surface area contributed by atoms with Crippen molar-refractivity contribution in [3.05, 3.63) is 33.3 Å². The minimum Gasteiger partial charge on any atom is -0.336 e. The summed E-state index contributed by atoms with van der Waals surface area (Å²) in [5, 5.41) is 0.504. The van der Waals surface area contributed by atoms with Crippen LogP contribution in [0, 0.1) is 5.92 Å². The summed E-state index contributed by atoms with van der Waals surface area (Å²) >= 11 is 9.56. The number of rotatable bonds is 4. The van der Waals surface area contributed by atoms with Crippen molar-refractivity contribution in [2.45, 2.75) is 32.7 Å². The zero-order valence-corrected chi connectivity index (χ0v) is 13.0. The van der Waals surface area contributed by atoms with E-state index < -0.39 is 0 Å². The van der Waals surface area contributed by atoms with Gasteiger partial charge in [0.05, 0.1) is 10.6 Å². The van der Waals surface area contributed by atoms with E-state index in [1.54, 1.807) is 6.07 Å². The second-order valence-electron chi connectivity index (χ2n) is 5.10. The summed E-state index contributed by atoms with van der Waals surface area (Å²) in [6, 6.07) is 5.68. The highest BCUT2D eigenvalue weighted by atomic mass is 79.9. The molecule has 0 bridgehead atoms. The molecule has 0 aromatic heterocycles. The Morgan fingerprint density at radius 2 is 2.17 bits per heavy atom. The molecule has 18 heavy (non-hydrogen) atoms. The van der Waals surface area contributed by atoms with Crippen LogP contribution in [0.4, 0.5) is 0 Å². The number of nitrogens with zero attached hydrogens (tertiary/aromatic N) is 1. The molecule has 1 aliphatic carbocycles. The van der Waals surface area contributed by atoms with Crippen molar-refractivity contribution in [2.24, 2.45) is 5.92 Å². The van der Waals surface area contributed by atoms with E-state index in [1.165, 1.54) is 12.8 Å². The number of halogens is 2. The van der Waals surface area contributed by atoms with Gasteiger partial charge in [-0.2, -0.15) is 0 Å². The van der Waals surface area contributed by atoms with Crippen LogP contribution in [0.5, 0.6) is 0 Å². The van der Waals surface area contributed by atoms with Gasteiger partial charge in [-0.05, 0) is 60.7 Å². The van der Waals surface area contributed by atoms with E-state index in [0.717, 1.165) is 11.0 Å². The summed E-state index contributed by atoms with van der Waals surface area (Å²) in [5.41, 5.74) is 0.584. The Balaban J connectivity index is 2.23. The van der Waals surface area contributed by atoms with Gasteiger partial charge in [-0.1, -0.05) is 17.7 Å². The number of carbonyl (C=O) groups excluding carboxylic acids is 1. The Morgan fingerprint density at radius 3 is 2.72 bits per heavy atom. The molecular weight excluding hydrogens is 314 g/mol. The van der Waals surface area contributed by atoms with Crippen LogP contribution in [0.2, 0.25) is 5.02 Å². The lowest BCUT2D eigenvalue weighted by molar-refractivity contribution is 0.0696. The van der Waals surface area contributed by atoms with Crippen LogP contribution in [-0.4, -0.2) is 23.4 Å². The van der Waals surface area contributed by atoms with Crippen LogP contribution in [0.1, 0.15) is 37.0 Å². The van der Waals surface area contributed by atoms with Crippen LogP contribution in [0.15, 0.2) is 22.7 Å². The van der Waals surface area contributed by atoms with E-state index in [2.05, 4.69) is 15.9 Å². The SMILES string of the molecule is CC(C)N(CC1CC1)C(=O)c1cccc(Br)c1Cl. The monoisotopic (exact) mass is 329 g/mol. The summed E-state index contributed by atoms with van der Waals surface area (Å²) in [4.78, 5) is 14.5. The highest BCUT2D eigenvalue weighted by Crippen LogP contribution is 2.32. The Bertz CT molecular complexity index is 457. The maximum absolute atomic E-state index is 12.5. The highest BCUT2D eigenvalue weighted by Gasteiger charge is 2.29. The van der Waals surface area contributed by atoms with Crippen molar-refractivity contribution < 1.29 is 4.79 Å². The van der Waals surface area contributed by atoms with Gasteiger partial charge in [0.15, 0.2) is 0 Å². The lowest BCUT2D eigenvalue weighted by Gasteiger charge is -2.27. The maximum atomic E-state index is 12.5. The number of hydrogen-bond donors (Lipinski definition) is 0. The normalized spacial score (nSPS) is 14.9. The number of carbonyl (C=O) groups is 1. The molecule has 0 atom stereocenters. The summed E-state index contributed by atoms with van der Waals surface area (Å²) in [7, 11) is 0. The number of benzene rings is 1. The molecule has 0 spiro atoms. The Morgan fingerprint density at radius 1 is 1.50 bits per heavy atom. The Labute approximate surface area is 121 Å². The van der Waals surface area contributed by atoms with Crippen LogP contribution in [0.25, 0.3) is 0 Å². The molecule has 0 aliphatic heterocycles. The second-order valence-corrected chi connectivity index (χ2v) is 6.33. The zero-order valence-electron chi connectivity index (χ0n) is 10.6. The molecule has 4 heteroatoms. The minimum absolute atomic E-state index is 0.0307. The predicted molar refractivity (Wildman–Crippen MR) is 78.0 cm³/mol. The lowest BCUT2D eigenvalue weighted by atomic mass is 10.1. The van der Waals surface area contributed by atoms with Gasteiger partial charge in [0.1, 0.15) is 0 Å². The zero-order chi connectivity index (χ0) is 13.3. The highest BCUT2D eigenvalue weighted by molar-refractivity contribution is 9.10. The third kappa shape index (κ3) is 3.07. The topological polar surface area (TPSA) is 20.3 Å². The smallest absolute Gasteiger partial charge is 0.255 e. The molecule has 0 radical (unpaired) electrons. The third-order valence-corrected chi connectivity index (χ3v) is 4.51. The molecule has 1 aromatic rings. The van der Waals surface area contributed by atoms with Crippen LogP contribution >= 0.6 is 27.5 Å². The molecule has 1 amide bonds. The van der Waals surface area contributed by atoms with E-state index >= 15 is 0 Å². The molecule has 1 aromatic carbocycles. The molecule has 2 rings (SSSR count). The van der Waals surface area contributed by atoms with Crippen molar-refractivity contribution >= 4 is 33.4 Å². The van der Waals surface area contributed by atoms with E-state index in [0.29, 0.717) is 16.5 Å². The van der Waals surface area contributed by atoms with Gasteiger partial charge in [0.25, 0.3) is 5.91 Å². The van der Waals surface area contributed by atoms with Gasteiger partial charge >= 0.3 is 0 Å². The fourth-order valence-electron chi connectivity index (χ4n) is 1.93. The van der Waals surface area contributed by atoms with Crippen molar-refractivity contribution in [1.82, 2.24) is 4.90 Å². The quantitative estimate of drug-likeness (QED) is 0.803. The standard InChI is InChI=1S/C14H17BrClNO/c1-9(2)17(8-10-6-7-10)14(18)11-4-3-5-12(15)13(11)16/h3-5,9-10H,6-8H2,1-2H3. The van der Waals surface area contributed by atoms with Gasteiger partial charge in [-0.25, -0.2) is 0 Å². The fraction of sp³-hybridized carbons (Fsp3) is 0.500. The molecule has 2 nitrogen and oxygen atoms in total. The Kier molecular flexibility index (Phi) is 4.33. The second kappa shape index (κ2) is 5.62. The summed E-state index contributed by atoms with van der Waals surface area (Å²) in [6.07, 6.45) is 2.48. The first kappa shape index (κ1) is 13.9. The maximum Gasteiger partial charge on any atom is 0.255 e. The fourth-order valence-corrected chi connectivity index (χ4v) is 2.50. The van der Waals surface area contributed by atoms with Gasteiger partial charge in [-0.15, -0.1) is 0 Å². The largest absolute Gasteiger partial charge is 0.336 e. The summed E-state index contributed by atoms with van der Waals surface area (Å²) in [6.45, 7) is 4.94. The van der Waals surface area contributed by atoms with E-state index in [1.807, 2.05) is 30.9 Å². The average Bonchev–Trinajstić information content (AvgIpc) is 3.12. The van der Waals surface area contributed by atoms with Gasteiger partial charge < -0.3 is 4.90 Å². The van der Waals surface area contributed by atoms with Crippen molar-refractivity contribution in [3.63, 3.8) is 0 Å². The van der Waals surface area contributed by atoms with Crippen molar-refractivity contribution in [1.29, 1.82) is 0 Å². The molecule has 0 saturated heterocycles. The molecule has 0 N–H and O–H groups in total. The Hall–Kier alpha value is -0.540. The lowest BCUT2D eigenvalue weighted by Crippen LogP contribution is -2.38. The molecule has 1 saturated carbocycles. The molecule has 98 valence electrons. The number of hydrogen-bond acceptors (Lipinski definition) is 1.